The summed E-state index contributed by atoms with van der Waals surface area (Å²) in [6, 6.07) is 12.0. The number of nitro groups is 1. The van der Waals surface area contributed by atoms with Crippen molar-refractivity contribution in [2.24, 2.45) is 5.73 Å². The molecule has 3 rings (SSSR count). The standard InChI is InChI=1S/C23H30N4O4S/c1-3-26-12-4-5-19(26)14-25-22(28)17-8-11-21(20(13-17)27(29)30)31-15-16-6-9-18(10-7-16)23(2,24)32/h6-11,13,19,32H,3-5,12,14-15,24H2,1-2H3,(H,25,28). The van der Waals surface area contributed by atoms with Crippen LogP contribution in [0.5, 0.6) is 5.75 Å². The summed E-state index contributed by atoms with van der Waals surface area (Å²) in [6.45, 7) is 6.55. The summed E-state index contributed by atoms with van der Waals surface area (Å²) in [6.07, 6.45) is 2.16. The number of ether oxygens (including phenoxy) is 1. The number of thiol groups is 1. The number of likely N-dealkylation sites (tertiary alicyclic amines) is 1. The molecule has 172 valence electrons. The van der Waals surface area contributed by atoms with Gasteiger partial charge in [-0.25, -0.2) is 0 Å². The molecule has 0 spiro atoms. The molecule has 2 aromatic carbocycles. The Labute approximate surface area is 193 Å². The summed E-state index contributed by atoms with van der Waals surface area (Å²) in [4.78, 5) is 25.2. The first-order valence-corrected chi connectivity index (χ1v) is 11.2. The molecular formula is C23H30N4O4S. The van der Waals surface area contributed by atoms with E-state index in [1.165, 1.54) is 12.1 Å². The van der Waals surface area contributed by atoms with E-state index in [4.69, 9.17) is 10.5 Å². The number of amides is 1. The summed E-state index contributed by atoms with van der Waals surface area (Å²) in [5, 5.41) is 14.5. The van der Waals surface area contributed by atoms with E-state index in [0.29, 0.717) is 12.6 Å². The topological polar surface area (TPSA) is 111 Å². The van der Waals surface area contributed by atoms with Crippen LogP contribution >= 0.6 is 12.6 Å². The number of hydrogen-bond donors (Lipinski definition) is 3. The van der Waals surface area contributed by atoms with Crippen molar-refractivity contribution in [3.8, 4) is 5.75 Å². The predicted octanol–water partition coefficient (Wildman–Crippen LogP) is 3.45. The Kier molecular flexibility index (Phi) is 7.76. The van der Waals surface area contributed by atoms with Gasteiger partial charge in [0, 0.05) is 24.2 Å². The van der Waals surface area contributed by atoms with Crippen LogP contribution in [0.4, 0.5) is 5.69 Å². The number of carbonyl (C=O) groups is 1. The molecule has 0 bridgehead atoms. The highest BCUT2D eigenvalue weighted by molar-refractivity contribution is 7.81. The van der Waals surface area contributed by atoms with Crippen molar-refractivity contribution < 1.29 is 14.5 Å². The molecule has 1 fully saturated rings. The molecule has 8 nitrogen and oxygen atoms in total. The lowest BCUT2D eigenvalue weighted by atomic mass is 10.1. The zero-order valence-electron chi connectivity index (χ0n) is 18.4. The fourth-order valence-corrected chi connectivity index (χ4v) is 4.03. The normalized spacial score (nSPS) is 18.2. The van der Waals surface area contributed by atoms with Gasteiger partial charge in [0.25, 0.3) is 5.91 Å². The van der Waals surface area contributed by atoms with Gasteiger partial charge in [0.05, 0.1) is 9.79 Å². The molecule has 0 saturated carbocycles. The zero-order valence-corrected chi connectivity index (χ0v) is 19.3. The SMILES string of the molecule is CCN1CCCC1CNC(=O)c1ccc(OCc2ccc(C(C)(N)S)cc2)c([N+](=O)[O-])c1. The quantitative estimate of drug-likeness (QED) is 0.230. The predicted molar refractivity (Wildman–Crippen MR) is 127 cm³/mol. The van der Waals surface area contributed by atoms with Gasteiger partial charge in [-0.2, -0.15) is 12.6 Å². The van der Waals surface area contributed by atoms with Crippen molar-refractivity contribution in [1.82, 2.24) is 10.2 Å². The molecule has 1 amide bonds. The number of rotatable bonds is 9. The molecular weight excluding hydrogens is 428 g/mol. The Balaban J connectivity index is 1.65. The zero-order chi connectivity index (χ0) is 23.3. The van der Waals surface area contributed by atoms with Crippen LogP contribution in [0.1, 0.15) is 48.2 Å². The molecule has 1 aliphatic rings. The molecule has 3 N–H and O–H groups in total. The van der Waals surface area contributed by atoms with Crippen molar-refractivity contribution in [2.75, 3.05) is 19.6 Å². The number of nitrogens with one attached hydrogen (secondary N) is 1. The Morgan fingerprint density at radius 1 is 1.34 bits per heavy atom. The van der Waals surface area contributed by atoms with E-state index in [1.54, 1.807) is 13.0 Å². The van der Waals surface area contributed by atoms with E-state index in [2.05, 4.69) is 29.8 Å². The second-order valence-corrected chi connectivity index (χ2v) is 9.14. The molecule has 1 aliphatic heterocycles. The molecule has 32 heavy (non-hydrogen) atoms. The van der Waals surface area contributed by atoms with Crippen LogP contribution in [0, 0.1) is 10.1 Å². The van der Waals surface area contributed by atoms with Crippen molar-refractivity contribution in [1.29, 1.82) is 0 Å². The lowest BCUT2D eigenvalue weighted by molar-refractivity contribution is -0.386. The van der Waals surface area contributed by atoms with Crippen LogP contribution < -0.4 is 15.8 Å². The lowest BCUT2D eigenvalue weighted by Gasteiger charge is -2.22. The first kappa shape index (κ1) is 24.0. The average molecular weight is 459 g/mol. The van der Waals surface area contributed by atoms with Crippen LogP contribution in [0.3, 0.4) is 0 Å². The van der Waals surface area contributed by atoms with Gasteiger partial charge in [-0.1, -0.05) is 31.2 Å². The maximum absolute atomic E-state index is 12.6. The van der Waals surface area contributed by atoms with Crippen LogP contribution in [0.2, 0.25) is 0 Å². The Hall–Kier alpha value is -2.62. The number of hydrogen-bond acceptors (Lipinski definition) is 7. The minimum atomic E-state index is -0.749. The van der Waals surface area contributed by atoms with Gasteiger partial charge in [0.1, 0.15) is 6.61 Å². The third-order valence-corrected chi connectivity index (χ3v) is 6.01. The molecule has 0 aliphatic carbocycles. The third-order valence-electron chi connectivity index (χ3n) is 5.75. The number of carbonyl (C=O) groups excluding carboxylic acids is 1. The Morgan fingerprint density at radius 2 is 2.06 bits per heavy atom. The van der Waals surface area contributed by atoms with Crippen LogP contribution in [0.25, 0.3) is 0 Å². The summed E-state index contributed by atoms with van der Waals surface area (Å²) < 4.78 is 5.68. The number of nitrogens with zero attached hydrogens (tertiary/aromatic N) is 2. The maximum Gasteiger partial charge on any atom is 0.311 e. The van der Waals surface area contributed by atoms with E-state index in [9.17, 15) is 14.9 Å². The maximum atomic E-state index is 12.6. The monoisotopic (exact) mass is 458 g/mol. The highest BCUT2D eigenvalue weighted by atomic mass is 32.1. The minimum absolute atomic E-state index is 0.112. The first-order valence-electron chi connectivity index (χ1n) is 10.7. The molecule has 0 radical (unpaired) electrons. The molecule has 2 aromatic rings. The number of nitro benzene ring substituents is 1. The van der Waals surface area contributed by atoms with Crippen LogP contribution in [-0.4, -0.2) is 41.4 Å². The van der Waals surface area contributed by atoms with Gasteiger partial charge in [0.2, 0.25) is 0 Å². The van der Waals surface area contributed by atoms with E-state index in [-0.39, 0.29) is 29.5 Å². The van der Waals surface area contributed by atoms with E-state index in [0.717, 1.165) is 37.1 Å². The second kappa shape index (κ2) is 10.3. The van der Waals surface area contributed by atoms with Crippen molar-refractivity contribution in [2.45, 2.75) is 44.2 Å². The Morgan fingerprint density at radius 3 is 2.69 bits per heavy atom. The highest BCUT2D eigenvalue weighted by Crippen LogP contribution is 2.29. The fraction of sp³-hybridized carbons (Fsp3) is 0.435. The number of likely N-dealkylation sites (N-methyl/N-ethyl adjacent to an activating group) is 1. The summed E-state index contributed by atoms with van der Waals surface area (Å²) in [5.41, 5.74) is 7.64. The number of nitrogens with two attached hydrogens (primary N) is 1. The van der Waals surface area contributed by atoms with E-state index < -0.39 is 9.79 Å². The van der Waals surface area contributed by atoms with Gasteiger partial charge in [-0.15, -0.1) is 0 Å². The number of benzene rings is 2. The molecule has 2 atom stereocenters. The first-order chi connectivity index (χ1) is 15.2. The van der Waals surface area contributed by atoms with E-state index in [1.807, 2.05) is 24.3 Å². The molecule has 9 heteroatoms. The fourth-order valence-electron chi connectivity index (χ4n) is 3.88. The van der Waals surface area contributed by atoms with Crippen molar-refractivity contribution >= 4 is 24.2 Å². The molecule has 1 heterocycles. The minimum Gasteiger partial charge on any atom is -0.482 e. The van der Waals surface area contributed by atoms with Gasteiger partial charge < -0.3 is 15.8 Å². The van der Waals surface area contributed by atoms with Gasteiger partial charge in [-0.3, -0.25) is 19.8 Å². The van der Waals surface area contributed by atoms with Crippen molar-refractivity contribution in [3.63, 3.8) is 0 Å². The van der Waals surface area contributed by atoms with Crippen molar-refractivity contribution in [3.05, 3.63) is 69.3 Å². The third kappa shape index (κ3) is 5.99. The smallest absolute Gasteiger partial charge is 0.311 e. The van der Waals surface area contributed by atoms with Gasteiger partial charge >= 0.3 is 5.69 Å². The van der Waals surface area contributed by atoms with E-state index >= 15 is 0 Å². The summed E-state index contributed by atoms with van der Waals surface area (Å²) >= 11 is 4.34. The molecule has 0 aromatic heterocycles. The van der Waals surface area contributed by atoms with Crippen LogP contribution in [0.15, 0.2) is 42.5 Å². The second-order valence-electron chi connectivity index (χ2n) is 8.21. The lowest BCUT2D eigenvalue weighted by Crippen LogP contribution is -2.40. The van der Waals surface area contributed by atoms with Gasteiger partial charge in [-0.05, 0) is 56.1 Å². The summed E-state index contributed by atoms with van der Waals surface area (Å²) in [5.74, 6) is -0.212. The highest BCUT2D eigenvalue weighted by Gasteiger charge is 2.24. The average Bonchev–Trinajstić information content (AvgIpc) is 3.23. The molecule has 1 saturated heterocycles. The Bertz CT molecular complexity index is 959. The van der Waals surface area contributed by atoms with Gasteiger partial charge in [0.15, 0.2) is 5.75 Å². The summed E-state index contributed by atoms with van der Waals surface area (Å²) in [7, 11) is 0. The largest absolute Gasteiger partial charge is 0.482 e. The van der Waals surface area contributed by atoms with Crippen LogP contribution in [-0.2, 0) is 11.5 Å². The molecule has 2 unspecified atom stereocenters.